The minimum atomic E-state index is -1.07. The molecule has 0 saturated carbocycles. The SMILES string of the molecule is O=C(c1cc(F)c(F)cc1Cl)N1CCC[C@@H](c2nnc3n2CCCCC3)C1. The van der Waals surface area contributed by atoms with Crippen molar-refractivity contribution >= 4 is 17.5 Å². The Bertz CT molecular complexity index is 870. The number of carbonyl (C=O) groups is 1. The number of carbonyl (C=O) groups excluding carboxylic acids is 1. The summed E-state index contributed by atoms with van der Waals surface area (Å²) < 4.78 is 29.1. The fraction of sp³-hybridized carbons (Fsp3) is 0.526. The molecule has 0 N–H and O–H groups in total. The van der Waals surface area contributed by atoms with E-state index < -0.39 is 11.6 Å². The van der Waals surface area contributed by atoms with Gasteiger partial charge in [0, 0.05) is 32.0 Å². The monoisotopic (exact) mass is 394 g/mol. The summed E-state index contributed by atoms with van der Waals surface area (Å²) in [4.78, 5) is 14.5. The first-order chi connectivity index (χ1) is 13.0. The van der Waals surface area contributed by atoms with Gasteiger partial charge in [0.2, 0.25) is 0 Å². The third-order valence-electron chi connectivity index (χ3n) is 5.45. The zero-order valence-electron chi connectivity index (χ0n) is 14.9. The van der Waals surface area contributed by atoms with E-state index in [1.165, 1.54) is 6.42 Å². The van der Waals surface area contributed by atoms with Gasteiger partial charge in [0.15, 0.2) is 11.6 Å². The number of piperidine rings is 1. The molecule has 1 amide bonds. The highest BCUT2D eigenvalue weighted by atomic mass is 35.5. The minimum absolute atomic E-state index is 0.00344. The van der Waals surface area contributed by atoms with Crippen molar-refractivity contribution in [3.8, 4) is 0 Å². The zero-order chi connectivity index (χ0) is 19.0. The van der Waals surface area contributed by atoms with Crippen LogP contribution in [0.15, 0.2) is 12.1 Å². The van der Waals surface area contributed by atoms with Crippen LogP contribution in [0.4, 0.5) is 8.78 Å². The van der Waals surface area contributed by atoms with Crippen molar-refractivity contribution < 1.29 is 13.6 Å². The number of benzene rings is 1. The van der Waals surface area contributed by atoms with Gasteiger partial charge in [0.1, 0.15) is 11.6 Å². The smallest absolute Gasteiger partial charge is 0.255 e. The van der Waals surface area contributed by atoms with Crippen LogP contribution < -0.4 is 0 Å². The summed E-state index contributed by atoms with van der Waals surface area (Å²) in [6.07, 6.45) is 6.10. The number of nitrogens with zero attached hydrogens (tertiary/aromatic N) is 4. The molecule has 1 aromatic heterocycles. The number of likely N-dealkylation sites (tertiary alicyclic amines) is 1. The number of amides is 1. The summed E-state index contributed by atoms with van der Waals surface area (Å²) >= 11 is 5.98. The molecule has 0 unspecified atom stereocenters. The van der Waals surface area contributed by atoms with Crippen LogP contribution in [0, 0.1) is 11.6 Å². The van der Waals surface area contributed by atoms with E-state index in [-0.39, 0.29) is 22.4 Å². The van der Waals surface area contributed by atoms with Gasteiger partial charge in [-0.3, -0.25) is 4.79 Å². The first kappa shape index (κ1) is 18.3. The second-order valence-electron chi connectivity index (χ2n) is 7.27. The number of aryl methyl sites for hydroxylation is 1. The van der Waals surface area contributed by atoms with E-state index in [1.54, 1.807) is 4.90 Å². The number of rotatable bonds is 2. The number of aromatic nitrogens is 3. The van der Waals surface area contributed by atoms with Crippen LogP contribution in [-0.4, -0.2) is 38.7 Å². The quantitative estimate of drug-likeness (QED) is 0.724. The number of hydrogen-bond donors (Lipinski definition) is 0. The predicted molar refractivity (Wildman–Crippen MR) is 96.8 cm³/mol. The molecule has 2 aromatic rings. The van der Waals surface area contributed by atoms with Gasteiger partial charge in [-0.05, 0) is 37.8 Å². The average molecular weight is 395 g/mol. The van der Waals surface area contributed by atoms with Gasteiger partial charge in [0.05, 0.1) is 10.6 Å². The molecule has 4 rings (SSSR count). The van der Waals surface area contributed by atoms with E-state index in [0.29, 0.717) is 13.1 Å². The first-order valence-corrected chi connectivity index (χ1v) is 9.78. The molecule has 144 valence electrons. The van der Waals surface area contributed by atoms with Gasteiger partial charge in [-0.1, -0.05) is 18.0 Å². The van der Waals surface area contributed by atoms with Crippen molar-refractivity contribution in [2.24, 2.45) is 0 Å². The topological polar surface area (TPSA) is 51.0 Å². The van der Waals surface area contributed by atoms with Crippen LogP contribution in [0.2, 0.25) is 5.02 Å². The number of hydrogen-bond acceptors (Lipinski definition) is 3. The van der Waals surface area contributed by atoms with Crippen molar-refractivity contribution in [2.75, 3.05) is 13.1 Å². The summed E-state index contributed by atoms with van der Waals surface area (Å²) in [6.45, 7) is 1.95. The fourth-order valence-corrected chi connectivity index (χ4v) is 4.27. The Morgan fingerprint density at radius 1 is 1.07 bits per heavy atom. The Hall–Kier alpha value is -2.02. The Labute approximate surface area is 161 Å². The van der Waals surface area contributed by atoms with Crippen LogP contribution >= 0.6 is 11.6 Å². The van der Waals surface area contributed by atoms with E-state index in [2.05, 4.69) is 14.8 Å². The van der Waals surface area contributed by atoms with E-state index in [0.717, 1.165) is 62.4 Å². The fourth-order valence-electron chi connectivity index (χ4n) is 4.04. The van der Waals surface area contributed by atoms with Gasteiger partial charge in [0.25, 0.3) is 5.91 Å². The van der Waals surface area contributed by atoms with Crippen LogP contribution in [-0.2, 0) is 13.0 Å². The molecule has 5 nitrogen and oxygen atoms in total. The molecule has 1 fully saturated rings. The normalized spacial score (nSPS) is 20.3. The minimum Gasteiger partial charge on any atom is -0.338 e. The Morgan fingerprint density at radius 2 is 1.89 bits per heavy atom. The molecule has 0 radical (unpaired) electrons. The summed E-state index contributed by atoms with van der Waals surface area (Å²) in [5.41, 5.74) is -0.00344. The maximum Gasteiger partial charge on any atom is 0.255 e. The third-order valence-corrected chi connectivity index (χ3v) is 5.76. The molecule has 2 aliphatic heterocycles. The van der Waals surface area contributed by atoms with Crippen molar-refractivity contribution in [1.29, 1.82) is 0 Å². The van der Waals surface area contributed by atoms with Crippen LogP contribution in [0.1, 0.15) is 60.0 Å². The zero-order valence-corrected chi connectivity index (χ0v) is 15.7. The number of halogens is 3. The molecular weight excluding hydrogens is 374 g/mol. The van der Waals surface area contributed by atoms with Gasteiger partial charge in [-0.15, -0.1) is 10.2 Å². The Balaban J connectivity index is 1.56. The van der Waals surface area contributed by atoms with Gasteiger partial charge in [-0.2, -0.15) is 0 Å². The summed E-state index contributed by atoms with van der Waals surface area (Å²) in [5.74, 6) is -0.459. The average Bonchev–Trinajstić information content (AvgIpc) is 2.92. The maximum absolute atomic E-state index is 13.6. The Kier molecular flexibility index (Phi) is 5.12. The lowest BCUT2D eigenvalue weighted by Crippen LogP contribution is -2.40. The molecule has 2 aliphatic rings. The van der Waals surface area contributed by atoms with Crippen LogP contribution in [0.25, 0.3) is 0 Å². The second-order valence-corrected chi connectivity index (χ2v) is 7.68. The highest BCUT2D eigenvalue weighted by Crippen LogP contribution is 2.30. The first-order valence-electron chi connectivity index (χ1n) is 9.40. The summed E-state index contributed by atoms with van der Waals surface area (Å²) in [5, 5.41) is 8.69. The molecule has 1 atom stereocenters. The summed E-state index contributed by atoms with van der Waals surface area (Å²) in [7, 11) is 0. The molecule has 27 heavy (non-hydrogen) atoms. The maximum atomic E-state index is 13.6. The van der Waals surface area contributed by atoms with Crippen molar-refractivity contribution in [2.45, 2.75) is 51.0 Å². The molecule has 0 aliphatic carbocycles. The van der Waals surface area contributed by atoms with E-state index in [1.807, 2.05) is 0 Å². The van der Waals surface area contributed by atoms with E-state index in [9.17, 15) is 13.6 Å². The molecule has 0 spiro atoms. The largest absolute Gasteiger partial charge is 0.338 e. The van der Waals surface area contributed by atoms with Crippen LogP contribution in [0.5, 0.6) is 0 Å². The molecule has 3 heterocycles. The van der Waals surface area contributed by atoms with Crippen LogP contribution in [0.3, 0.4) is 0 Å². The van der Waals surface area contributed by atoms with Gasteiger partial charge >= 0.3 is 0 Å². The summed E-state index contributed by atoms with van der Waals surface area (Å²) in [6, 6.07) is 1.73. The lowest BCUT2D eigenvalue weighted by atomic mass is 9.96. The lowest BCUT2D eigenvalue weighted by Gasteiger charge is -2.32. The standard InChI is InChI=1S/C19H21ClF2N4O/c20-14-10-16(22)15(21)9-13(14)19(27)25-7-4-5-12(11-25)18-24-23-17-6-2-1-3-8-26(17)18/h9-10,12H,1-8,11H2/t12-/m1/s1. The van der Waals surface area contributed by atoms with E-state index in [4.69, 9.17) is 11.6 Å². The second kappa shape index (κ2) is 7.54. The highest BCUT2D eigenvalue weighted by molar-refractivity contribution is 6.33. The number of fused-ring (bicyclic) bond motifs is 1. The molecule has 8 heteroatoms. The molecule has 1 saturated heterocycles. The third kappa shape index (κ3) is 3.57. The highest BCUT2D eigenvalue weighted by Gasteiger charge is 2.31. The van der Waals surface area contributed by atoms with Crippen molar-refractivity contribution in [1.82, 2.24) is 19.7 Å². The molecular formula is C19H21ClF2N4O. The van der Waals surface area contributed by atoms with Crippen molar-refractivity contribution in [3.63, 3.8) is 0 Å². The molecule has 1 aromatic carbocycles. The Morgan fingerprint density at radius 3 is 2.74 bits per heavy atom. The van der Waals surface area contributed by atoms with E-state index >= 15 is 0 Å². The lowest BCUT2D eigenvalue weighted by molar-refractivity contribution is 0.0702. The van der Waals surface area contributed by atoms with Gasteiger partial charge in [-0.25, -0.2) is 8.78 Å². The van der Waals surface area contributed by atoms with Crippen molar-refractivity contribution in [3.05, 3.63) is 46.0 Å². The van der Waals surface area contributed by atoms with Gasteiger partial charge < -0.3 is 9.47 Å². The molecule has 0 bridgehead atoms. The predicted octanol–water partition coefficient (Wildman–Crippen LogP) is 3.96.